The third-order valence-corrected chi connectivity index (χ3v) is 4.61. The Morgan fingerprint density at radius 1 is 1.15 bits per heavy atom. The molecule has 1 amide bonds. The second kappa shape index (κ2) is 8.99. The lowest BCUT2D eigenvalue weighted by Gasteiger charge is -2.07. The van der Waals surface area contributed by atoms with Gasteiger partial charge in [0.2, 0.25) is 0 Å². The lowest BCUT2D eigenvalue weighted by molar-refractivity contribution is -0.119. The molecule has 2 rings (SSSR count). The third kappa shape index (κ3) is 4.94. The number of rotatable bonds is 7. The Bertz CT molecular complexity index is 878. The van der Waals surface area contributed by atoms with Gasteiger partial charge in [-0.15, -0.1) is 11.3 Å². The summed E-state index contributed by atoms with van der Waals surface area (Å²) in [6.45, 7) is 4.16. The second-order valence-corrected chi connectivity index (χ2v) is 6.27. The van der Waals surface area contributed by atoms with Gasteiger partial charge in [0.05, 0.1) is 23.2 Å². The van der Waals surface area contributed by atoms with Crippen molar-refractivity contribution in [3.63, 3.8) is 0 Å². The van der Waals surface area contributed by atoms with Gasteiger partial charge in [-0.05, 0) is 26.3 Å². The molecule has 0 saturated carbocycles. The number of hydrogen-bond donors (Lipinski definition) is 1. The van der Waals surface area contributed by atoms with E-state index in [-0.39, 0.29) is 28.6 Å². The van der Waals surface area contributed by atoms with E-state index < -0.39 is 24.5 Å². The fourth-order valence-corrected chi connectivity index (χ4v) is 3.27. The first kappa shape index (κ1) is 20.2. The van der Waals surface area contributed by atoms with Crippen molar-refractivity contribution in [2.75, 3.05) is 18.5 Å². The zero-order chi connectivity index (χ0) is 20.0. The largest absolute Gasteiger partial charge is 0.462 e. The molecule has 0 saturated heterocycles. The molecular formula is C17H17N3O6S. The molecule has 1 N–H and O–H groups in total. The fourth-order valence-electron chi connectivity index (χ4n) is 2.16. The maximum Gasteiger partial charge on any atom is 0.359 e. The predicted molar refractivity (Wildman–Crippen MR) is 96.0 cm³/mol. The van der Waals surface area contributed by atoms with E-state index in [1.54, 1.807) is 13.8 Å². The number of nitrogens with one attached hydrogen (secondary N) is 1. The van der Waals surface area contributed by atoms with Crippen LogP contribution < -0.4 is 5.32 Å². The number of Topliss-reactive ketones (excluding diaryl/α,β-unsaturated/α-hetero) is 1. The summed E-state index contributed by atoms with van der Waals surface area (Å²) in [5.41, 5.74) is 0.502. The van der Waals surface area contributed by atoms with E-state index in [2.05, 4.69) is 15.3 Å². The van der Waals surface area contributed by atoms with Crippen LogP contribution in [0.1, 0.15) is 49.9 Å². The summed E-state index contributed by atoms with van der Waals surface area (Å²) in [5.74, 6) is -2.37. The summed E-state index contributed by atoms with van der Waals surface area (Å²) in [4.78, 5) is 55.7. The molecule has 2 aromatic rings. The van der Waals surface area contributed by atoms with Crippen LogP contribution in [-0.2, 0) is 14.3 Å². The molecule has 0 radical (unpaired) electrons. The molecule has 0 aromatic carbocycles. The van der Waals surface area contributed by atoms with E-state index in [1.807, 2.05) is 0 Å². The summed E-state index contributed by atoms with van der Waals surface area (Å²) in [5, 5.41) is 2.65. The maximum absolute atomic E-state index is 12.2. The highest BCUT2D eigenvalue weighted by molar-refractivity contribution is 7.18. The molecule has 0 aliphatic carbocycles. The molecule has 10 heteroatoms. The fraction of sp³-hybridized carbons (Fsp3) is 0.294. The molecule has 2 aromatic heterocycles. The molecule has 27 heavy (non-hydrogen) atoms. The molecule has 9 nitrogen and oxygen atoms in total. The van der Waals surface area contributed by atoms with Crippen LogP contribution in [0.3, 0.4) is 0 Å². The average molecular weight is 391 g/mol. The number of nitrogens with zero attached hydrogens (tertiary/aromatic N) is 2. The van der Waals surface area contributed by atoms with Crippen LogP contribution in [0.25, 0.3) is 0 Å². The molecule has 0 aliphatic rings. The Balaban J connectivity index is 2.12. The van der Waals surface area contributed by atoms with Crippen LogP contribution in [0.5, 0.6) is 0 Å². The number of esters is 2. The van der Waals surface area contributed by atoms with Crippen LogP contribution in [0.4, 0.5) is 5.00 Å². The van der Waals surface area contributed by atoms with Crippen LogP contribution >= 0.6 is 11.3 Å². The summed E-state index contributed by atoms with van der Waals surface area (Å²) < 4.78 is 9.85. The van der Waals surface area contributed by atoms with E-state index in [1.165, 1.54) is 25.5 Å². The van der Waals surface area contributed by atoms with E-state index >= 15 is 0 Å². The molecule has 142 valence electrons. The second-order valence-electron chi connectivity index (χ2n) is 5.25. The molecule has 0 atom stereocenters. The van der Waals surface area contributed by atoms with E-state index in [9.17, 15) is 19.2 Å². The Morgan fingerprint density at radius 2 is 1.89 bits per heavy atom. The van der Waals surface area contributed by atoms with Gasteiger partial charge < -0.3 is 14.8 Å². The van der Waals surface area contributed by atoms with Gasteiger partial charge in [-0.2, -0.15) is 0 Å². The molecule has 0 spiro atoms. The summed E-state index contributed by atoms with van der Waals surface area (Å²) in [6, 6.07) is 0. The highest BCUT2D eigenvalue weighted by Gasteiger charge is 2.25. The molecule has 0 unspecified atom stereocenters. The Labute approximate surface area is 158 Å². The van der Waals surface area contributed by atoms with Crippen molar-refractivity contribution >= 4 is 40.0 Å². The van der Waals surface area contributed by atoms with Gasteiger partial charge in [-0.3, -0.25) is 14.6 Å². The van der Waals surface area contributed by atoms with Gasteiger partial charge in [-0.1, -0.05) is 0 Å². The van der Waals surface area contributed by atoms with Gasteiger partial charge in [0.1, 0.15) is 5.00 Å². The van der Waals surface area contributed by atoms with Crippen molar-refractivity contribution in [1.29, 1.82) is 0 Å². The number of anilines is 1. The van der Waals surface area contributed by atoms with Gasteiger partial charge in [0.15, 0.2) is 18.1 Å². The Hall–Kier alpha value is -3.14. The van der Waals surface area contributed by atoms with Gasteiger partial charge in [0, 0.05) is 12.4 Å². The number of amides is 1. The average Bonchev–Trinajstić information content (AvgIpc) is 2.97. The minimum Gasteiger partial charge on any atom is -0.462 e. The highest BCUT2D eigenvalue weighted by Crippen LogP contribution is 2.34. The maximum atomic E-state index is 12.2. The number of ether oxygens (including phenoxy) is 2. The topological polar surface area (TPSA) is 125 Å². The van der Waals surface area contributed by atoms with E-state index in [0.717, 1.165) is 11.3 Å². The normalized spacial score (nSPS) is 10.2. The predicted octanol–water partition coefficient (Wildman–Crippen LogP) is 2.02. The first-order valence-electron chi connectivity index (χ1n) is 7.89. The number of ketones is 1. The summed E-state index contributed by atoms with van der Waals surface area (Å²) in [7, 11) is 0. The standard InChI is InChI=1S/C17H17N3O6S/c1-4-25-17(24)13-9(2)14(10(3)21)27-15(13)20-12(22)8-26-16(23)11-7-18-5-6-19-11/h5-7H,4,8H2,1-3H3,(H,20,22). The van der Waals surface area contributed by atoms with Crippen molar-refractivity contribution in [2.45, 2.75) is 20.8 Å². The highest BCUT2D eigenvalue weighted by atomic mass is 32.1. The quantitative estimate of drug-likeness (QED) is 0.561. The van der Waals surface area contributed by atoms with E-state index in [0.29, 0.717) is 10.4 Å². The molecule has 0 fully saturated rings. The van der Waals surface area contributed by atoms with Crippen LogP contribution in [0, 0.1) is 6.92 Å². The van der Waals surface area contributed by atoms with Crippen molar-refractivity contribution in [3.05, 3.63) is 40.3 Å². The number of carbonyl (C=O) groups excluding carboxylic acids is 4. The van der Waals surface area contributed by atoms with E-state index in [4.69, 9.17) is 9.47 Å². The first-order valence-corrected chi connectivity index (χ1v) is 8.71. The Morgan fingerprint density at radius 3 is 2.48 bits per heavy atom. The number of hydrogen-bond acceptors (Lipinski definition) is 9. The zero-order valence-corrected chi connectivity index (χ0v) is 15.7. The van der Waals surface area contributed by atoms with Gasteiger partial charge in [-0.25, -0.2) is 14.6 Å². The van der Waals surface area contributed by atoms with Crippen LogP contribution in [0.15, 0.2) is 18.6 Å². The Kier molecular flexibility index (Phi) is 6.72. The number of thiophene rings is 1. The monoisotopic (exact) mass is 391 g/mol. The number of carbonyl (C=O) groups is 4. The van der Waals surface area contributed by atoms with Crippen molar-refractivity contribution in [1.82, 2.24) is 9.97 Å². The lowest BCUT2D eigenvalue weighted by atomic mass is 10.1. The van der Waals surface area contributed by atoms with Crippen LogP contribution in [-0.4, -0.2) is 46.8 Å². The number of aromatic nitrogens is 2. The molecule has 0 bridgehead atoms. The van der Waals surface area contributed by atoms with Gasteiger partial charge in [0.25, 0.3) is 5.91 Å². The summed E-state index contributed by atoms with van der Waals surface area (Å²) >= 11 is 0.962. The minimum absolute atomic E-state index is 0.0386. The molecule has 0 aliphatic heterocycles. The third-order valence-electron chi connectivity index (χ3n) is 3.31. The van der Waals surface area contributed by atoms with Gasteiger partial charge >= 0.3 is 11.9 Å². The van der Waals surface area contributed by atoms with Crippen molar-refractivity contribution < 1.29 is 28.7 Å². The SMILES string of the molecule is CCOC(=O)c1c(NC(=O)COC(=O)c2cnccn2)sc(C(C)=O)c1C. The van der Waals surface area contributed by atoms with Crippen LogP contribution in [0.2, 0.25) is 0 Å². The molecular weight excluding hydrogens is 374 g/mol. The van der Waals surface area contributed by atoms with Crippen molar-refractivity contribution in [3.8, 4) is 0 Å². The zero-order valence-electron chi connectivity index (χ0n) is 14.9. The summed E-state index contributed by atoms with van der Waals surface area (Å²) in [6.07, 6.45) is 3.92. The smallest absolute Gasteiger partial charge is 0.359 e. The molecule has 2 heterocycles. The first-order chi connectivity index (χ1) is 12.8. The lowest BCUT2D eigenvalue weighted by Crippen LogP contribution is -2.22. The van der Waals surface area contributed by atoms with Crippen molar-refractivity contribution in [2.24, 2.45) is 0 Å². The minimum atomic E-state index is -0.810.